The topological polar surface area (TPSA) is 72.2 Å². The third-order valence-electron chi connectivity index (χ3n) is 2.17. The Bertz CT molecular complexity index is 446. The van der Waals surface area contributed by atoms with E-state index in [1.54, 1.807) is 24.3 Å². The average molecular weight is 253 g/mol. The molecule has 4 nitrogen and oxygen atoms in total. The van der Waals surface area contributed by atoms with Crippen molar-refractivity contribution in [2.24, 2.45) is 5.73 Å². The van der Waals surface area contributed by atoms with Crippen LogP contribution in [0.2, 0.25) is 5.02 Å². The summed E-state index contributed by atoms with van der Waals surface area (Å²) in [5, 5.41) is 2.83. The van der Waals surface area contributed by atoms with Gasteiger partial charge in [0.25, 0.3) is 5.91 Å². The molecule has 0 aliphatic carbocycles. The first-order valence-electron chi connectivity index (χ1n) is 5.02. The van der Waals surface area contributed by atoms with Crippen LogP contribution in [0.15, 0.2) is 36.9 Å². The van der Waals surface area contributed by atoms with E-state index < -0.39 is 17.9 Å². The molecule has 0 unspecified atom stereocenters. The lowest BCUT2D eigenvalue weighted by molar-refractivity contribution is -0.119. The SMILES string of the molecule is C=CC[C@@H](NC(=O)c1ccccc1Cl)C(N)=O. The summed E-state index contributed by atoms with van der Waals surface area (Å²) in [6, 6.07) is 5.81. The van der Waals surface area contributed by atoms with Gasteiger partial charge in [-0.15, -0.1) is 6.58 Å². The predicted molar refractivity (Wildman–Crippen MR) is 66.7 cm³/mol. The Kier molecular flexibility index (Phi) is 4.72. The van der Waals surface area contributed by atoms with Crippen molar-refractivity contribution in [2.45, 2.75) is 12.5 Å². The Labute approximate surface area is 104 Å². The van der Waals surface area contributed by atoms with E-state index >= 15 is 0 Å². The fraction of sp³-hybridized carbons (Fsp3) is 0.167. The molecular formula is C12H13ClN2O2. The first kappa shape index (κ1) is 13.3. The Hall–Kier alpha value is -1.81. The Morgan fingerprint density at radius 1 is 1.47 bits per heavy atom. The maximum atomic E-state index is 11.8. The van der Waals surface area contributed by atoms with Crippen LogP contribution >= 0.6 is 11.6 Å². The predicted octanol–water partition coefficient (Wildman–Crippen LogP) is 1.50. The third-order valence-corrected chi connectivity index (χ3v) is 2.50. The molecule has 2 amide bonds. The summed E-state index contributed by atoms with van der Waals surface area (Å²) < 4.78 is 0. The number of nitrogens with one attached hydrogen (secondary N) is 1. The smallest absolute Gasteiger partial charge is 0.253 e. The zero-order chi connectivity index (χ0) is 12.8. The van der Waals surface area contributed by atoms with Gasteiger partial charge in [0.2, 0.25) is 5.91 Å². The minimum Gasteiger partial charge on any atom is -0.368 e. The molecule has 1 aromatic rings. The maximum Gasteiger partial charge on any atom is 0.253 e. The zero-order valence-corrected chi connectivity index (χ0v) is 9.91. The molecule has 5 heteroatoms. The second kappa shape index (κ2) is 6.06. The van der Waals surface area contributed by atoms with E-state index in [1.165, 1.54) is 6.08 Å². The summed E-state index contributed by atoms with van der Waals surface area (Å²) in [6.07, 6.45) is 1.80. The molecule has 0 aromatic heterocycles. The van der Waals surface area contributed by atoms with E-state index in [1.807, 2.05) is 0 Å². The highest BCUT2D eigenvalue weighted by atomic mass is 35.5. The second-order valence-electron chi connectivity index (χ2n) is 3.43. The first-order valence-corrected chi connectivity index (χ1v) is 5.39. The molecule has 1 rings (SSSR count). The van der Waals surface area contributed by atoms with Crippen LogP contribution in [-0.2, 0) is 4.79 Å². The van der Waals surface area contributed by atoms with Crippen molar-refractivity contribution in [1.82, 2.24) is 5.32 Å². The van der Waals surface area contributed by atoms with Gasteiger partial charge in [-0.25, -0.2) is 0 Å². The molecule has 3 N–H and O–H groups in total. The normalized spacial score (nSPS) is 11.6. The van der Waals surface area contributed by atoms with E-state index in [0.29, 0.717) is 10.6 Å². The minimum absolute atomic E-state index is 0.283. The van der Waals surface area contributed by atoms with Crippen molar-refractivity contribution in [3.63, 3.8) is 0 Å². The Morgan fingerprint density at radius 3 is 2.65 bits per heavy atom. The number of benzene rings is 1. The van der Waals surface area contributed by atoms with E-state index in [9.17, 15) is 9.59 Å². The van der Waals surface area contributed by atoms with Gasteiger partial charge in [-0.2, -0.15) is 0 Å². The molecule has 1 aromatic carbocycles. The van der Waals surface area contributed by atoms with Gasteiger partial charge in [0.05, 0.1) is 10.6 Å². The van der Waals surface area contributed by atoms with Crippen LogP contribution in [0.25, 0.3) is 0 Å². The monoisotopic (exact) mass is 252 g/mol. The number of hydrogen-bond donors (Lipinski definition) is 2. The van der Waals surface area contributed by atoms with Crippen LogP contribution in [0.4, 0.5) is 0 Å². The molecule has 0 bridgehead atoms. The van der Waals surface area contributed by atoms with Crippen molar-refractivity contribution in [2.75, 3.05) is 0 Å². The number of rotatable bonds is 5. The van der Waals surface area contributed by atoms with E-state index in [4.69, 9.17) is 17.3 Å². The van der Waals surface area contributed by atoms with Crippen LogP contribution in [0, 0.1) is 0 Å². The molecule has 0 fully saturated rings. The van der Waals surface area contributed by atoms with E-state index in [-0.39, 0.29) is 6.42 Å². The van der Waals surface area contributed by atoms with E-state index in [2.05, 4.69) is 11.9 Å². The van der Waals surface area contributed by atoms with Gasteiger partial charge < -0.3 is 11.1 Å². The summed E-state index contributed by atoms with van der Waals surface area (Å²) in [6.45, 7) is 3.50. The third kappa shape index (κ3) is 3.60. The highest BCUT2D eigenvalue weighted by molar-refractivity contribution is 6.33. The van der Waals surface area contributed by atoms with Gasteiger partial charge in [0.15, 0.2) is 0 Å². The highest BCUT2D eigenvalue weighted by Gasteiger charge is 2.18. The summed E-state index contributed by atoms with van der Waals surface area (Å²) in [5.74, 6) is -1.04. The largest absolute Gasteiger partial charge is 0.368 e. The number of carbonyl (C=O) groups excluding carboxylic acids is 2. The minimum atomic E-state index is -0.767. The Morgan fingerprint density at radius 2 is 2.12 bits per heavy atom. The number of carbonyl (C=O) groups is 2. The summed E-state index contributed by atoms with van der Waals surface area (Å²) in [7, 11) is 0. The standard InChI is InChI=1S/C12H13ClN2O2/c1-2-5-10(11(14)16)15-12(17)8-6-3-4-7-9(8)13/h2-4,6-7,10H,1,5H2,(H2,14,16)(H,15,17)/t10-/m1/s1. The van der Waals surface area contributed by atoms with Gasteiger partial charge in [-0.05, 0) is 18.6 Å². The lowest BCUT2D eigenvalue weighted by Crippen LogP contribution is -2.44. The second-order valence-corrected chi connectivity index (χ2v) is 3.84. The maximum absolute atomic E-state index is 11.8. The lowest BCUT2D eigenvalue weighted by Gasteiger charge is -2.13. The van der Waals surface area contributed by atoms with Gasteiger partial charge in [0.1, 0.15) is 6.04 Å². The quantitative estimate of drug-likeness (QED) is 0.780. The van der Waals surface area contributed by atoms with Gasteiger partial charge in [-0.3, -0.25) is 9.59 Å². The summed E-state index contributed by atoms with van der Waals surface area (Å²) in [4.78, 5) is 22.9. The van der Waals surface area contributed by atoms with Crippen LogP contribution in [-0.4, -0.2) is 17.9 Å². The molecule has 0 heterocycles. The van der Waals surface area contributed by atoms with Crippen molar-refractivity contribution in [3.8, 4) is 0 Å². The van der Waals surface area contributed by atoms with Crippen LogP contribution in [0.1, 0.15) is 16.8 Å². The molecule has 0 spiro atoms. The molecule has 90 valence electrons. The molecule has 17 heavy (non-hydrogen) atoms. The lowest BCUT2D eigenvalue weighted by atomic mass is 10.1. The molecule has 0 aliphatic rings. The molecule has 0 saturated heterocycles. The molecule has 0 saturated carbocycles. The number of primary amides is 1. The fourth-order valence-electron chi connectivity index (χ4n) is 1.29. The summed E-state index contributed by atoms with van der Waals surface area (Å²) >= 11 is 5.86. The zero-order valence-electron chi connectivity index (χ0n) is 9.15. The number of hydrogen-bond acceptors (Lipinski definition) is 2. The highest BCUT2D eigenvalue weighted by Crippen LogP contribution is 2.14. The molecule has 0 aliphatic heterocycles. The van der Waals surface area contributed by atoms with Crippen molar-refractivity contribution >= 4 is 23.4 Å². The van der Waals surface area contributed by atoms with Crippen LogP contribution < -0.4 is 11.1 Å². The number of nitrogens with two attached hydrogens (primary N) is 1. The van der Waals surface area contributed by atoms with Gasteiger partial charge in [-0.1, -0.05) is 29.8 Å². The van der Waals surface area contributed by atoms with Crippen molar-refractivity contribution in [3.05, 3.63) is 47.5 Å². The first-order chi connectivity index (χ1) is 8.06. The fourth-order valence-corrected chi connectivity index (χ4v) is 1.52. The Balaban J connectivity index is 2.81. The van der Waals surface area contributed by atoms with E-state index in [0.717, 1.165) is 0 Å². The van der Waals surface area contributed by atoms with Gasteiger partial charge >= 0.3 is 0 Å². The van der Waals surface area contributed by atoms with Gasteiger partial charge in [0, 0.05) is 0 Å². The van der Waals surface area contributed by atoms with Crippen molar-refractivity contribution in [1.29, 1.82) is 0 Å². The molecule has 0 radical (unpaired) electrons. The van der Waals surface area contributed by atoms with Crippen LogP contribution in [0.3, 0.4) is 0 Å². The molecule has 1 atom stereocenters. The van der Waals surface area contributed by atoms with Crippen LogP contribution in [0.5, 0.6) is 0 Å². The van der Waals surface area contributed by atoms with Crippen molar-refractivity contribution < 1.29 is 9.59 Å². The number of halogens is 1. The summed E-state index contributed by atoms with van der Waals surface area (Å²) in [5.41, 5.74) is 5.46. The molecular weight excluding hydrogens is 240 g/mol. The average Bonchev–Trinajstić information content (AvgIpc) is 2.28. The number of amides is 2.